The maximum absolute atomic E-state index is 12.2. The van der Waals surface area contributed by atoms with E-state index in [2.05, 4.69) is 19.2 Å². The van der Waals surface area contributed by atoms with Crippen LogP contribution < -0.4 is 5.32 Å². The lowest BCUT2D eigenvalue weighted by atomic mass is 9.78. The Morgan fingerprint density at radius 3 is 2.21 bits per heavy atom. The van der Waals surface area contributed by atoms with Crippen molar-refractivity contribution < 1.29 is 14.7 Å². The number of hydrogen-bond donors (Lipinski definition) is 2. The van der Waals surface area contributed by atoms with Gasteiger partial charge < -0.3 is 10.4 Å². The summed E-state index contributed by atoms with van der Waals surface area (Å²) >= 11 is 0. The molecule has 0 bridgehead atoms. The third-order valence-corrected chi connectivity index (χ3v) is 3.99. The van der Waals surface area contributed by atoms with Crippen molar-refractivity contribution in [3.63, 3.8) is 0 Å². The maximum atomic E-state index is 12.2. The molecule has 19 heavy (non-hydrogen) atoms. The van der Waals surface area contributed by atoms with Crippen molar-refractivity contribution in [3.8, 4) is 0 Å². The summed E-state index contributed by atoms with van der Waals surface area (Å²) in [5.74, 6) is -1.10. The van der Waals surface area contributed by atoms with E-state index in [-0.39, 0.29) is 17.9 Å². The molecule has 0 aromatic carbocycles. The zero-order valence-corrected chi connectivity index (χ0v) is 12.3. The third kappa shape index (κ3) is 5.21. The van der Waals surface area contributed by atoms with Gasteiger partial charge >= 0.3 is 5.97 Å². The Hall–Kier alpha value is -1.06. The summed E-state index contributed by atoms with van der Waals surface area (Å²) in [6.45, 7) is 6.32. The monoisotopic (exact) mass is 269 g/mol. The minimum absolute atomic E-state index is 0.0663. The van der Waals surface area contributed by atoms with Gasteiger partial charge in [0.05, 0.1) is 11.8 Å². The fourth-order valence-corrected chi connectivity index (χ4v) is 2.75. The second kappa shape index (κ2) is 7.51. The van der Waals surface area contributed by atoms with Crippen LogP contribution in [0.1, 0.15) is 59.3 Å². The molecule has 0 aliphatic heterocycles. The standard InChI is InChI=1S/C15H27NO3/c1-10(2)8-9-11(3)16-14(17)12-6-4-5-7-13(12)15(18)19/h10-13H,4-9H2,1-3H3,(H,16,17)(H,18,19)/t11?,12-,13+/m1/s1. The molecular weight excluding hydrogens is 242 g/mol. The molecule has 1 unspecified atom stereocenters. The van der Waals surface area contributed by atoms with Gasteiger partial charge in [-0.25, -0.2) is 0 Å². The van der Waals surface area contributed by atoms with Gasteiger partial charge in [-0.05, 0) is 38.5 Å². The number of carboxylic acid groups (broad SMARTS) is 1. The lowest BCUT2D eigenvalue weighted by Crippen LogP contribution is -2.43. The molecule has 0 aromatic heterocycles. The zero-order valence-electron chi connectivity index (χ0n) is 12.3. The van der Waals surface area contributed by atoms with Crippen molar-refractivity contribution in [1.29, 1.82) is 0 Å². The number of carboxylic acids is 1. The largest absolute Gasteiger partial charge is 0.481 e. The van der Waals surface area contributed by atoms with Gasteiger partial charge in [-0.2, -0.15) is 0 Å². The molecule has 0 saturated heterocycles. The van der Waals surface area contributed by atoms with E-state index < -0.39 is 11.9 Å². The minimum atomic E-state index is -0.824. The van der Waals surface area contributed by atoms with E-state index in [0.29, 0.717) is 18.8 Å². The predicted octanol–water partition coefficient (Wildman–Crippen LogP) is 2.82. The summed E-state index contributed by atoms with van der Waals surface area (Å²) in [5.41, 5.74) is 0. The molecular formula is C15H27NO3. The van der Waals surface area contributed by atoms with Crippen LogP contribution in [0.4, 0.5) is 0 Å². The van der Waals surface area contributed by atoms with Crippen molar-refractivity contribution in [1.82, 2.24) is 5.32 Å². The molecule has 1 amide bonds. The Bertz CT molecular complexity index is 315. The first-order chi connectivity index (χ1) is 8.91. The van der Waals surface area contributed by atoms with Crippen molar-refractivity contribution in [2.75, 3.05) is 0 Å². The van der Waals surface area contributed by atoms with E-state index in [1.165, 1.54) is 0 Å². The van der Waals surface area contributed by atoms with Crippen molar-refractivity contribution in [2.24, 2.45) is 17.8 Å². The van der Waals surface area contributed by atoms with Crippen molar-refractivity contribution >= 4 is 11.9 Å². The van der Waals surface area contributed by atoms with Gasteiger partial charge in [0.15, 0.2) is 0 Å². The Morgan fingerprint density at radius 1 is 1.11 bits per heavy atom. The SMILES string of the molecule is CC(C)CCC(C)NC(=O)[C@@H]1CCCC[C@@H]1C(=O)O. The number of nitrogens with one attached hydrogen (secondary N) is 1. The normalized spacial score (nSPS) is 25.1. The molecule has 4 nitrogen and oxygen atoms in total. The van der Waals surface area contributed by atoms with Gasteiger partial charge in [-0.1, -0.05) is 26.7 Å². The smallest absolute Gasteiger partial charge is 0.307 e. The molecule has 1 saturated carbocycles. The van der Waals surface area contributed by atoms with Crippen LogP contribution in [-0.2, 0) is 9.59 Å². The lowest BCUT2D eigenvalue weighted by Gasteiger charge is -2.28. The van der Waals surface area contributed by atoms with E-state index in [1.807, 2.05) is 6.92 Å². The molecule has 0 spiro atoms. The van der Waals surface area contributed by atoms with Crippen LogP contribution in [0.2, 0.25) is 0 Å². The van der Waals surface area contributed by atoms with Gasteiger partial charge in [0, 0.05) is 6.04 Å². The van der Waals surface area contributed by atoms with Crippen LogP contribution in [0, 0.1) is 17.8 Å². The number of aliphatic carboxylic acids is 1. The van der Waals surface area contributed by atoms with E-state index >= 15 is 0 Å². The van der Waals surface area contributed by atoms with Gasteiger partial charge in [-0.3, -0.25) is 9.59 Å². The molecule has 3 atom stereocenters. The molecule has 1 aliphatic rings. The molecule has 1 rings (SSSR count). The Kier molecular flexibility index (Phi) is 6.32. The van der Waals surface area contributed by atoms with E-state index in [1.54, 1.807) is 0 Å². The van der Waals surface area contributed by atoms with E-state index in [4.69, 9.17) is 0 Å². The van der Waals surface area contributed by atoms with Crippen LogP contribution >= 0.6 is 0 Å². The molecule has 1 fully saturated rings. The summed E-state index contributed by atoms with van der Waals surface area (Å²) in [6, 6.07) is 0.131. The highest BCUT2D eigenvalue weighted by atomic mass is 16.4. The van der Waals surface area contributed by atoms with Gasteiger partial charge in [-0.15, -0.1) is 0 Å². The summed E-state index contributed by atoms with van der Waals surface area (Å²) in [6.07, 6.45) is 5.25. The molecule has 110 valence electrons. The first-order valence-electron chi connectivity index (χ1n) is 7.45. The fourth-order valence-electron chi connectivity index (χ4n) is 2.75. The van der Waals surface area contributed by atoms with E-state index in [0.717, 1.165) is 25.7 Å². The van der Waals surface area contributed by atoms with Crippen molar-refractivity contribution in [3.05, 3.63) is 0 Å². The quantitative estimate of drug-likeness (QED) is 0.779. The number of amides is 1. The fraction of sp³-hybridized carbons (Fsp3) is 0.867. The topological polar surface area (TPSA) is 66.4 Å². The Morgan fingerprint density at radius 2 is 1.68 bits per heavy atom. The van der Waals surface area contributed by atoms with Crippen LogP contribution in [0.25, 0.3) is 0 Å². The van der Waals surface area contributed by atoms with Gasteiger partial charge in [0.25, 0.3) is 0 Å². The van der Waals surface area contributed by atoms with E-state index in [9.17, 15) is 14.7 Å². The van der Waals surface area contributed by atoms with Crippen LogP contribution in [-0.4, -0.2) is 23.0 Å². The summed E-state index contributed by atoms with van der Waals surface area (Å²) in [7, 11) is 0. The Balaban J connectivity index is 2.48. The second-order valence-corrected chi connectivity index (χ2v) is 6.22. The van der Waals surface area contributed by atoms with Gasteiger partial charge in [0.2, 0.25) is 5.91 Å². The first-order valence-corrected chi connectivity index (χ1v) is 7.45. The maximum Gasteiger partial charge on any atom is 0.307 e. The number of carbonyl (C=O) groups is 2. The number of carbonyl (C=O) groups excluding carboxylic acids is 1. The molecule has 0 aromatic rings. The van der Waals surface area contributed by atoms with Crippen LogP contribution in [0.5, 0.6) is 0 Å². The number of hydrogen-bond acceptors (Lipinski definition) is 2. The van der Waals surface area contributed by atoms with Crippen molar-refractivity contribution in [2.45, 2.75) is 65.3 Å². The molecule has 2 N–H and O–H groups in total. The molecule has 0 heterocycles. The third-order valence-electron chi connectivity index (χ3n) is 3.99. The molecule has 1 aliphatic carbocycles. The zero-order chi connectivity index (χ0) is 14.4. The summed E-state index contributed by atoms with van der Waals surface area (Å²) < 4.78 is 0. The summed E-state index contributed by atoms with van der Waals surface area (Å²) in [5, 5.41) is 12.2. The average Bonchev–Trinajstić information content (AvgIpc) is 2.36. The highest BCUT2D eigenvalue weighted by Gasteiger charge is 2.35. The lowest BCUT2D eigenvalue weighted by molar-refractivity contribution is -0.149. The number of rotatable bonds is 6. The molecule has 0 radical (unpaired) electrons. The highest BCUT2D eigenvalue weighted by Crippen LogP contribution is 2.30. The van der Waals surface area contributed by atoms with Gasteiger partial charge in [0.1, 0.15) is 0 Å². The highest BCUT2D eigenvalue weighted by molar-refractivity contribution is 5.85. The average molecular weight is 269 g/mol. The Labute approximate surface area is 116 Å². The summed E-state index contributed by atoms with van der Waals surface area (Å²) in [4.78, 5) is 23.4. The predicted molar refractivity (Wildman–Crippen MR) is 74.8 cm³/mol. The molecule has 4 heteroatoms. The second-order valence-electron chi connectivity index (χ2n) is 6.22. The van der Waals surface area contributed by atoms with Crippen LogP contribution in [0.15, 0.2) is 0 Å². The minimum Gasteiger partial charge on any atom is -0.481 e. The van der Waals surface area contributed by atoms with Crippen LogP contribution in [0.3, 0.4) is 0 Å². The first kappa shape index (κ1) is 16.0.